The lowest BCUT2D eigenvalue weighted by molar-refractivity contribution is 0.685. The summed E-state index contributed by atoms with van der Waals surface area (Å²) in [7, 11) is -0.603. The molecule has 0 aromatic heterocycles. The minimum absolute atomic E-state index is 0.603. The summed E-state index contributed by atoms with van der Waals surface area (Å²) < 4.78 is 10.5. The molecule has 0 aliphatic rings. The molecule has 0 radical (unpaired) electrons. The molecule has 1 unspecified atom stereocenters. The zero-order valence-electron chi connectivity index (χ0n) is 4.39. The fourth-order valence-electron chi connectivity index (χ4n) is 0.246. The maximum atomic E-state index is 10.5. The van der Waals surface area contributed by atoms with Gasteiger partial charge in [0.2, 0.25) is 0 Å². The average molecular weight is 138 g/mol. The lowest BCUT2D eigenvalue weighted by Gasteiger charge is -1.89. The molecule has 0 rings (SSSR count). The molecule has 1 nitrogen and oxygen atoms in total. The Labute approximate surface area is 52.4 Å². The summed E-state index contributed by atoms with van der Waals surface area (Å²) in [6.45, 7) is 1.92. The fraction of sp³-hybridized carbons (Fsp3) is 1.00. The normalized spacial score (nSPS) is 14.0. The third-order valence-electron chi connectivity index (χ3n) is 0.641. The van der Waals surface area contributed by atoms with Crippen molar-refractivity contribution in [1.82, 2.24) is 0 Å². The Bertz CT molecular complexity index is 62.7. The predicted octanol–water partition coefficient (Wildman–Crippen LogP) is 0.685. The van der Waals surface area contributed by atoms with Gasteiger partial charge in [-0.1, -0.05) is 6.92 Å². The first-order valence-electron chi connectivity index (χ1n) is 2.27. The van der Waals surface area contributed by atoms with Crippen molar-refractivity contribution >= 4 is 23.4 Å². The van der Waals surface area contributed by atoms with Crippen LogP contribution < -0.4 is 0 Å². The molecule has 0 spiro atoms. The van der Waals surface area contributed by atoms with Crippen molar-refractivity contribution in [3.8, 4) is 0 Å². The summed E-state index contributed by atoms with van der Waals surface area (Å²) in [6.07, 6.45) is 0. The van der Waals surface area contributed by atoms with Crippen molar-refractivity contribution in [1.29, 1.82) is 0 Å². The van der Waals surface area contributed by atoms with Gasteiger partial charge in [-0.15, -0.1) is 0 Å². The maximum Gasteiger partial charge on any atom is 0.0323 e. The number of hydrogen-bond donors (Lipinski definition) is 1. The van der Waals surface area contributed by atoms with Gasteiger partial charge in [-0.05, 0) is 0 Å². The molecule has 0 aromatic carbocycles. The van der Waals surface area contributed by atoms with Crippen molar-refractivity contribution in [3.05, 3.63) is 0 Å². The summed E-state index contributed by atoms with van der Waals surface area (Å²) in [4.78, 5) is 0. The van der Waals surface area contributed by atoms with Gasteiger partial charge in [-0.2, -0.15) is 12.6 Å². The highest BCUT2D eigenvalue weighted by Gasteiger charge is 1.88. The van der Waals surface area contributed by atoms with Crippen LogP contribution in [0.3, 0.4) is 0 Å². The van der Waals surface area contributed by atoms with Crippen LogP contribution in [0.2, 0.25) is 0 Å². The summed E-state index contributed by atoms with van der Waals surface area (Å²) in [5.41, 5.74) is 0. The Hall–Kier alpha value is 0.500. The molecule has 0 fully saturated rings. The Morgan fingerprint density at radius 1 is 1.71 bits per heavy atom. The molecule has 0 heterocycles. The summed E-state index contributed by atoms with van der Waals surface area (Å²) in [5.74, 6) is 2.24. The van der Waals surface area contributed by atoms with Crippen molar-refractivity contribution in [3.63, 3.8) is 0 Å². The van der Waals surface area contributed by atoms with Gasteiger partial charge in [0.25, 0.3) is 0 Å². The van der Waals surface area contributed by atoms with E-state index in [1.807, 2.05) is 6.92 Å². The third-order valence-corrected chi connectivity index (χ3v) is 2.47. The highest BCUT2D eigenvalue weighted by Crippen LogP contribution is 1.81. The van der Waals surface area contributed by atoms with Crippen molar-refractivity contribution in [2.45, 2.75) is 6.92 Å². The zero-order valence-corrected chi connectivity index (χ0v) is 6.10. The lowest BCUT2D eigenvalue weighted by Crippen LogP contribution is -1.99. The van der Waals surface area contributed by atoms with Gasteiger partial charge >= 0.3 is 0 Å². The van der Waals surface area contributed by atoms with Crippen molar-refractivity contribution in [2.24, 2.45) is 0 Å². The van der Waals surface area contributed by atoms with E-state index in [9.17, 15) is 4.21 Å². The zero-order chi connectivity index (χ0) is 5.70. The van der Waals surface area contributed by atoms with Gasteiger partial charge in [0, 0.05) is 28.1 Å². The van der Waals surface area contributed by atoms with Gasteiger partial charge in [0.1, 0.15) is 0 Å². The van der Waals surface area contributed by atoms with Crippen LogP contribution in [0.25, 0.3) is 0 Å². The second-order valence-electron chi connectivity index (χ2n) is 1.16. The minimum Gasteiger partial charge on any atom is -0.260 e. The van der Waals surface area contributed by atoms with E-state index in [-0.39, 0.29) is 0 Å². The van der Waals surface area contributed by atoms with Gasteiger partial charge in [0.15, 0.2) is 0 Å². The van der Waals surface area contributed by atoms with Crippen LogP contribution in [-0.4, -0.2) is 21.5 Å². The fourth-order valence-corrected chi connectivity index (χ4v) is 1.35. The van der Waals surface area contributed by atoms with E-state index in [0.29, 0.717) is 0 Å². The molecule has 7 heavy (non-hydrogen) atoms. The monoisotopic (exact) mass is 138 g/mol. The van der Waals surface area contributed by atoms with Crippen LogP contribution in [0.5, 0.6) is 0 Å². The Balaban J connectivity index is 3.00. The van der Waals surface area contributed by atoms with E-state index < -0.39 is 10.8 Å². The van der Waals surface area contributed by atoms with Crippen LogP contribution in [0, 0.1) is 0 Å². The summed E-state index contributed by atoms with van der Waals surface area (Å²) >= 11 is 3.92. The van der Waals surface area contributed by atoms with E-state index in [1.165, 1.54) is 0 Å². The number of rotatable bonds is 3. The molecule has 0 aliphatic carbocycles. The van der Waals surface area contributed by atoms with E-state index in [0.717, 1.165) is 17.3 Å². The highest BCUT2D eigenvalue weighted by atomic mass is 32.2. The van der Waals surface area contributed by atoms with Crippen LogP contribution in [0.15, 0.2) is 0 Å². The third kappa shape index (κ3) is 4.35. The van der Waals surface area contributed by atoms with Gasteiger partial charge in [-0.3, -0.25) is 4.21 Å². The average Bonchev–Trinajstić information content (AvgIpc) is 1.68. The van der Waals surface area contributed by atoms with Crippen LogP contribution >= 0.6 is 12.6 Å². The highest BCUT2D eigenvalue weighted by molar-refractivity contribution is 7.87. The first-order valence-corrected chi connectivity index (χ1v) is 4.39. The maximum absolute atomic E-state index is 10.5. The standard InChI is InChI=1S/C4H10OS2/c1-2-7(5)4-3-6/h6H,2-4H2,1H3. The Morgan fingerprint density at radius 3 is 2.43 bits per heavy atom. The molecule has 0 aliphatic heterocycles. The molecule has 0 saturated heterocycles. The van der Waals surface area contributed by atoms with E-state index in [4.69, 9.17) is 0 Å². The number of thiol groups is 1. The van der Waals surface area contributed by atoms with E-state index >= 15 is 0 Å². The largest absolute Gasteiger partial charge is 0.260 e. The SMILES string of the molecule is CCS(=O)CCS. The molecule has 3 heteroatoms. The molecule has 0 amide bonds. The summed E-state index contributed by atoms with van der Waals surface area (Å²) in [6, 6.07) is 0. The first-order chi connectivity index (χ1) is 3.31. The molecule has 1 atom stereocenters. The molecular weight excluding hydrogens is 128 g/mol. The van der Waals surface area contributed by atoms with Crippen molar-refractivity contribution < 1.29 is 4.21 Å². The minimum atomic E-state index is -0.603. The predicted molar refractivity (Wildman–Crippen MR) is 37.4 cm³/mol. The molecular formula is C4H10OS2. The summed E-state index contributed by atoms with van der Waals surface area (Å²) in [5, 5.41) is 0. The second-order valence-corrected chi connectivity index (χ2v) is 3.47. The van der Waals surface area contributed by atoms with Gasteiger partial charge in [0.05, 0.1) is 0 Å². The Morgan fingerprint density at radius 2 is 2.29 bits per heavy atom. The van der Waals surface area contributed by atoms with Crippen LogP contribution in [0.1, 0.15) is 6.92 Å². The van der Waals surface area contributed by atoms with E-state index in [2.05, 4.69) is 12.6 Å². The quantitative estimate of drug-likeness (QED) is 0.568. The molecule has 0 saturated carbocycles. The number of hydrogen-bond acceptors (Lipinski definition) is 2. The van der Waals surface area contributed by atoms with Crippen LogP contribution in [-0.2, 0) is 10.8 Å². The lowest BCUT2D eigenvalue weighted by atomic mass is 10.9. The van der Waals surface area contributed by atoms with Crippen molar-refractivity contribution in [2.75, 3.05) is 17.3 Å². The van der Waals surface area contributed by atoms with Gasteiger partial charge < -0.3 is 0 Å². The smallest absolute Gasteiger partial charge is 0.0323 e. The molecule has 0 N–H and O–H groups in total. The molecule has 0 bridgehead atoms. The van der Waals surface area contributed by atoms with Crippen LogP contribution in [0.4, 0.5) is 0 Å². The first kappa shape index (κ1) is 7.50. The van der Waals surface area contributed by atoms with E-state index in [1.54, 1.807) is 0 Å². The molecule has 0 aromatic rings. The topological polar surface area (TPSA) is 17.1 Å². The second kappa shape index (κ2) is 4.65. The van der Waals surface area contributed by atoms with Gasteiger partial charge in [-0.25, -0.2) is 0 Å². The molecule has 44 valence electrons. The Kier molecular flexibility index (Phi) is 4.99.